The third-order valence-corrected chi connectivity index (χ3v) is 10.4. The van der Waals surface area contributed by atoms with E-state index >= 15 is 0 Å². The summed E-state index contributed by atoms with van der Waals surface area (Å²) in [6.45, 7) is 9.76. The number of benzene rings is 1. The summed E-state index contributed by atoms with van der Waals surface area (Å²) in [6, 6.07) is 8.29. The Morgan fingerprint density at radius 2 is 1.74 bits per heavy atom. The fourth-order valence-corrected chi connectivity index (χ4v) is 7.96. The number of Topliss-reactive ketones (excluding diaryl/α,β-unsaturated/α-hetero) is 1. The van der Waals surface area contributed by atoms with Crippen LogP contribution >= 0.6 is 0 Å². The van der Waals surface area contributed by atoms with Crippen molar-refractivity contribution < 1.29 is 43.9 Å². The van der Waals surface area contributed by atoms with Gasteiger partial charge in [0.25, 0.3) is 0 Å². The van der Waals surface area contributed by atoms with Crippen molar-refractivity contribution in [3.8, 4) is 0 Å². The lowest BCUT2D eigenvalue weighted by atomic mass is 9.43. The molecule has 1 saturated heterocycles. The van der Waals surface area contributed by atoms with Crippen molar-refractivity contribution in [2.24, 2.45) is 22.7 Å². The fraction of sp³-hybridized carbons (Fsp3) is 0.633. The summed E-state index contributed by atoms with van der Waals surface area (Å²) in [4.78, 5) is 40.6. The molecule has 1 heterocycles. The van der Waals surface area contributed by atoms with Crippen LogP contribution < -0.4 is 0 Å². The molecule has 9 nitrogen and oxygen atoms in total. The molecule has 5 rings (SSSR count). The molecule has 212 valence electrons. The van der Waals surface area contributed by atoms with Crippen molar-refractivity contribution in [3.63, 3.8) is 0 Å². The molecule has 0 radical (unpaired) electrons. The monoisotopic (exact) mass is 542 g/mol. The third-order valence-electron chi connectivity index (χ3n) is 10.4. The van der Waals surface area contributed by atoms with Gasteiger partial charge in [-0.15, -0.1) is 0 Å². The normalized spacial score (nSPS) is 42.7. The highest BCUT2D eigenvalue weighted by atomic mass is 16.6. The minimum Gasteiger partial charge on any atom is -0.455 e. The molecule has 2 bridgehead atoms. The quantitative estimate of drug-likeness (QED) is 0.388. The van der Waals surface area contributed by atoms with E-state index in [4.69, 9.17) is 14.2 Å². The molecule has 3 aliphatic carbocycles. The highest BCUT2D eigenvalue weighted by Gasteiger charge is 2.77. The van der Waals surface area contributed by atoms with E-state index in [2.05, 4.69) is 0 Å². The van der Waals surface area contributed by atoms with Gasteiger partial charge in [0.15, 0.2) is 11.4 Å². The van der Waals surface area contributed by atoms with E-state index in [1.54, 1.807) is 58.0 Å². The molecule has 1 aromatic rings. The number of hydrogen-bond donors (Lipinski definition) is 3. The van der Waals surface area contributed by atoms with Crippen LogP contribution in [0.2, 0.25) is 0 Å². The van der Waals surface area contributed by atoms with Crippen LogP contribution in [0.4, 0.5) is 0 Å². The molecule has 4 aliphatic rings. The lowest BCUT2D eigenvalue weighted by molar-refractivity contribution is -0.340. The highest BCUT2D eigenvalue weighted by Crippen LogP contribution is 2.65. The van der Waals surface area contributed by atoms with E-state index in [-0.39, 0.29) is 24.2 Å². The Labute approximate surface area is 228 Å². The Hall–Kier alpha value is -2.59. The molecular formula is C30H38O9. The summed E-state index contributed by atoms with van der Waals surface area (Å²) >= 11 is 0. The molecule has 3 fully saturated rings. The molecular weight excluding hydrogens is 504 g/mol. The van der Waals surface area contributed by atoms with Gasteiger partial charge in [-0.3, -0.25) is 9.59 Å². The lowest BCUT2D eigenvalue weighted by Gasteiger charge is -2.67. The first-order valence-electron chi connectivity index (χ1n) is 13.5. The number of esters is 2. The van der Waals surface area contributed by atoms with E-state index in [1.807, 2.05) is 6.92 Å². The number of hydrogen-bond acceptors (Lipinski definition) is 9. The zero-order valence-electron chi connectivity index (χ0n) is 23.3. The molecule has 9 atom stereocenters. The molecule has 0 aromatic heterocycles. The zero-order valence-corrected chi connectivity index (χ0v) is 23.3. The maximum Gasteiger partial charge on any atom is 0.338 e. The number of carbonyl (C=O) groups is 3. The number of ketones is 1. The van der Waals surface area contributed by atoms with Crippen molar-refractivity contribution in [2.75, 3.05) is 6.61 Å². The predicted octanol–water partition coefficient (Wildman–Crippen LogP) is 2.36. The van der Waals surface area contributed by atoms with Gasteiger partial charge < -0.3 is 29.5 Å². The molecule has 3 N–H and O–H groups in total. The van der Waals surface area contributed by atoms with Gasteiger partial charge in [-0.25, -0.2) is 4.79 Å². The number of carbonyl (C=O) groups excluding carboxylic acids is 3. The standard InChI is InChI=1S/C30H38O9/c1-15-12-20-29(14-37-20,39-17(3)31)23-25(38-26(35)18-10-8-7-9-11-18)30(36)13-19(32)16(2)21(27(30,4)5)22(33)24(34)28(15,23)6/h7-11,15,19-20,22-23,25,32-33,36H,12-14H2,1-6H3/t15-,19-,20?,22+,23-,25-,28+,29-,30+/m0/s1. The average molecular weight is 543 g/mol. The molecule has 1 unspecified atom stereocenters. The number of ether oxygens (including phenoxy) is 3. The average Bonchev–Trinajstić information content (AvgIpc) is 2.87. The first-order chi connectivity index (χ1) is 18.1. The minimum atomic E-state index is -1.95. The second kappa shape index (κ2) is 8.96. The molecule has 2 saturated carbocycles. The second-order valence-corrected chi connectivity index (χ2v) is 12.6. The van der Waals surface area contributed by atoms with Crippen LogP contribution in [-0.2, 0) is 23.8 Å². The van der Waals surface area contributed by atoms with Gasteiger partial charge in [0.1, 0.15) is 23.9 Å². The van der Waals surface area contributed by atoms with Crippen molar-refractivity contribution in [1.82, 2.24) is 0 Å². The molecule has 0 amide bonds. The molecule has 1 aliphatic heterocycles. The van der Waals surface area contributed by atoms with E-state index in [0.29, 0.717) is 12.0 Å². The summed E-state index contributed by atoms with van der Waals surface area (Å²) in [5, 5.41) is 35.5. The minimum absolute atomic E-state index is 0.0617. The predicted molar refractivity (Wildman–Crippen MR) is 138 cm³/mol. The van der Waals surface area contributed by atoms with Crippen LogP contribution in [0.3, 0.4) is 0 Å². The number of aliphatic hydroxyl groups is 3. The van der Waals surface area contributed by atoms with Gasteiger partial charge in [-0.05, 0) is 42.5 Å². The third kappa shape index (κ3) is 3.63. The Balaban J connectivity index is 1.81. The van der Waals surface area contributed by atoms with Crippen molar-refractivity contribution in [2.45, 2.75) is 90.0 Å². The summed E-state index contributed by atoms with van der Waals surface area (Å²) in [5.74, 6) is -3.34. The number of rotatable bonds is 3. The van der Waals surface area contributed by atoms with Gasteiger partial charge in [0.05, 0.1) is 24.2 Å². The Kier molecular flexibility index (Phi) is 6.42. The molecule has 9 heteroatoms. The zero-order chi connectivity index (χ0) is 28.7. The van der Waals surface area contributed by atoms with Crippen LogP contribution in [-0.4, -0.2) is 75.3 Å². The van der Waals surface area contributed by atoms with Crippen LogP contribution in [0.5, 0.6) is 0 Å². The van der Waals surface area contributed by atoms with E-state index in [0.717, 1.165) is 0 Å². The van der Waals surface area contributed by atoms with Gasteiger partial charge in [-0.1, -0.05) is 45.9 Å². The largest absolute Gasteiger partial charge is 0.455 e. The van der Waals surface area contributed by atoms with E-state index < -0.39 is 76.0 Å². The SMILES string of the molecule is CC(=O)O[C@@]12COC1C[C@H](C)[C@@]1(C)C(=O)[C@H](O)C3=C(C)[C@@H](O)C[C@@](O)([C@@H](OC(=O)c4ccccc4)[C@@H]12)C3(C)C. The first-order valence-corrected chi connectivity index (χ1v) is 13.5. The fourth-order valence-electron chi connectivity index (χ4n) is 7.96. The van der Waals surface area contributed by atoms with Gasteiger partial charge in [0, 0.05) is 24.2 Å². The highest BCUT2D eigenvalue weighted by molar-refractivity contribution is 5.93. The molecule has 39 heavy (non-hydrogen) atoms. The summed E-state index contributed by atoms with van der Waals surface area (Å²) in [5.41, 5.74) is -5.19. The first kappa shape index (κ1) is 28.0. The maximum absolute atomic E-state index is 14.4. The van der Waals surface area contributed by atoms with E-state index in [1.165, 1.54) is 6.92 Å². The summed E-state index contributed by atoms with van der Waals surface area (Å²) in [6.07, 6.45) is -4.70. The Morgan fingerprint density at radius 1 is 1.10 bits per heavy atom. The van der Waals surface area contributed by atoms with Gasteiger partial charge in [-0.2, -0.15) is 0 Å². The summed E-state index contributed by atoms with van der Waals surface area (Å²) < 4.78 is 18.1. The smallest absolute Gasteiger partial charge is 0.338 e. The summed E-state index contributed by atoms with van der Waals surface area (Å²) in [7, 11) is 0. The van der Waals surface area contributed by atoms with E-state index in [9.17, 15) is 29.7 Å². The van der Waals surface area contributed by atoms with Gasteiger partial charge >= 0.3 is 11.9 Å². The van der Waals surface area contributed by atoms with Crippen molar-refractivity contribution in [3.05, 3.63) is 47.0 Å². The Morgan fingerprint density at radius 3 is 2.31 bits per heavy atom. The number of aliphatic hydroxyl groups excluding tert-OH is 2. The van der Waals surface area contributed by atoms with Gasteiger partial charge in [0.2, 0.25) is 0 Å². The van der Waals surface area contributed by atoms with Crippen molar-refractivity contribution >= 4 is 17.7 Å². The van der Waals surface area contributed by atoms with Crippen LogP contribution in [0.1, 0.15) is 64.7 Å². The van der Waals surface area contributed by atoms with Crippen molar-refractivity contribution in [1.29, 1.82) is 0 Å². The number of fused-ring (bicyclic) bond motifs is 5. The topological polar surface area (TPSA) is 140 Å². The Bertz CT molecular complexity index is 1240. The molecule has 1 aromatic carbocycles. The van der Waals surface area contributed by atoms with Crippen LogP contribution in [0.25, 0.3) is 0 Å². The maximum atomic E-state index is 14.4. The molecule has 0 spiro atoms. The van der Waals surface area contributed by atoms with Crippen LogP contribution in [0.15, 0.2) is 41.5 Å². The lowest BCUT2D eigenvalue weighted by Crippen LogP contribution is -2.80. The second-order valence-electron chi connectivity index (χ2n) is 12.6. The van der Waals surface area contributed by atoms with Crippen LogP contribution in [0, 0.1) is 22.7 Å².